The first-order valence-corrected chi connectivity index (χ1v) is 8.00. The lowest BCUT2D eigenvalue weighted by Crippen LogP contribution is -2.40. The Morgan fingerprint density at radius 1 is 1.30 bits per heavy atom. The molecule has 0 saturated carbocycles. The highest BCUT2D eigenvalue weighted by Gasteiger charge is 2.25. The van der Waals surface area contributed by atoms with Gasteiger partial charge in [0.15, 0.2) is 5.82 Å². The number of aliphatic hydroxyl groups is 1. The van der Waals surface area contributed by atoms with E-state index < -0.39 is 6.23 Å². The molecule has 0 aliphatic carbocycles. The fraction of sp³-hybridized carbons (Fsp3) is 0.867. The van der Waals surface area contributed by atoms with Crippen LogP contribution in [0.5, 0.6) is 0 Å². The van der Waals surface area contributed by atoms with Crippen LogP contribution in [-0.2, 0) is 12.8 Å². The number of aliphatic hydroxyl groups excluding tert-OH is 1. The maximum absolute atomic E-state index is 9.95. The van der Waals surface area contributed by atoms with Crippen molar-refractivity contribution in [2.24, 2.45) is 5.92 Å². The van der Waals surface area contributed by atoms with Gasteiger partial charge >= 0.3 is 0 Å². The number of likely N-dealkylation sites (tertiary alicyclic amines) is 1. The van der Waals surface area contributed by atoms with Gasteiger partial charge in [-0.25, -0.2) is 9.67 Å². The van der Waals surface area contributed by atoms with Gasteiger partial charge in [0.05, 0.1) is 0 Å². The third-order valence-corrected chi connectivity index (χ3v) is 4.64. The van der Waals surface area contributed by atoms with Crippen LogP contribution in [0.1, 0.15) is 57.4 Å². The fourth-order valence-electron chi connectivity index (χ4n) is 3.46. The van der Waals surface area contributed by atoms with E-state index in [2.05, 4.69) is 28.8 Å². The van der Waals surface area contributed by atoms with Crippen LogP contribution in [0.2, 0.25) is 0 Å². The summed E-state index contributed by atoms with van der Waals surface area (Å²) in [5, 5.41) is 14.5. The van der Waals surface area contributed by atoms with Crippen molar-refractivity contribution in [3.05, 3.63) is 11.6 Å². The van der Waals surface area contributed by atoms with Crippen LogP contribution in [0.15, 0.2) is 0 Å². The Hall–Kier alpha value is -0.940. The molecule has 0 radical (unpaired) electrons. The molecule has 5 nitrogen and oxygen atoms in total. The SMILES string of the molecule is CC(C)N1CCCC(Cc2nc3n(n2)C(O)CCC3)C1. The number of nitrogens with zero attached hydrogens (tertiary/aromatic N) is 4. The Labute approximate surface area is 121 Å². The van der Waals surface area contributed by atoms with E-state index in [1.54, 1.807) is 4.68 Å². The van der Waals surface area contributed by atoms with E-state index >= 15 is 0 Å². The molecule has 5 heteroatoms. The second kappa shape index (κ2) is 5.82. The molecule has 2 atom stereocenters. The third-order valence-electron chi connectivity index (χ3n) is 4.64. The smallest absolute Gasteiger partial charge is 0.151 e. The zero-order valence-electron chi connectivity index (χ0n) is 12.6. The molecule has 2 aliphatic heterocycles. The summed E-state index contributed by atoms with van der Waals surface area (Å²) in [4.78, 5) is 7.19. The van der Waals surface area contributed by atoms with E-state index in [1.807, 2.05) is 0 Å². The number of aryl methyl sites for hydroxylation is 1. The molecule has 1 saturated heterocycles. The summed E-state index contributed by atoms with van der Waals surface area (Å²) >= 11 is 0. The van der Waals surface area contributed by atoms with Gasteiger partial charge in [0.25, 0.3) is 0 Å². The largest absolute Gasteiger partial charge is 0.372 e. The molecule has 0 aromatic carbocycles. The van der Waals surface area contributed by atoms with Crippen molar-refractivity contribution in [1.82, 2.24) is 19.7 Å². The molecule has 1 N–H and O–H groups in total. The predicted octanol–water partition coefficient (Wildman–Crippen LogP) is 1.77. The Morgan fingerprint density at radius 3 is 2.90 bits per heavy atom. The quantitative estimate of drug-likeness (QED) is 0.915. The van der Waals surface area contributed by atoms with Crippen LogP contribution in [0, 0.1) is 5.92 Å². The van der Waals surface area contributed by atoms with Gasteiger partial charge in [-0.1, -0.05) is 0 Å². The van der Waals surface area contributed by atoms with Crippen LogP contribution in [0.25, 0.3) is 0 Å². The Bertz CT molecular complexity index is 457. The Balaban J connectivity index is 1.66. The van der Waals surface area contributed by atoms with Crippen molar-refractivity contribution in [1.29, 1.82) is 0 Å². The summed E-state index contributed by atoms with van der Waals surface area (Å²) in [5.41, 5.74) is 0. The molecule has 0 amide bonds. The van der Waals surface area contributed by atoms with Crippen LogP contribution < -0.4 is 0 Å². The van der Waals surface area contributed by atoms with Crippen molar-refractivity contribution in [3.8, 4) is 0 Å². The standard InChI is InChI=1S/C15H26N4O/c1-11(2)18-8-4-5-12(10-18)9-13-16-14-6-3-7-15(20)19(14)17-13/h11-12,15,20H,3-10H2,1-2H3. The van der Waals surface area contributed by atoms with Gasteiger partial charge in [0.2, 0.25) is 0 Å². The van der Waals surface area contributed by atoms with Gasteiger partial charge in [-0.3, -0.25) is 0 Å². The monoisotopic (exact) mass is 278 g/mol. The third kappa shape index (κ3) is 2.88. The number of aromatic nitrogens is 3. The highest BCUT2D eigenvalue weighted by molar-refractivity contribution is 4.98. The van der Waals surface area contributed by atoms with E-state index in [0.717, 1.165) is 43.9 Å². The zero-order valence-corrected chi connectivity index (χ0v) is 12.6. The number of fused-ring (bicyclic) bond motifs is 1. The molecule has 0 spiro atoms. The minimum Gasteiger partial charge on any atom is -0.372 e. The molecular formula is C15H26N4O. The summed E-state index contributed by atoms with van der Waals surface area (Å²) in [5.74, 6) is 2.56. The lowest BCUT2D eigenvalue weighted by atomic mass is 9.94. The zero-order chi connectivity index (χ0) is 14.1. The molecule has 0 bridgehead atoms. The van der Waals surface area contributed by atoms with Crippen LogP contribution >= 0.6 is 0 Å². The molecule has 2 unspecified atom stereocenters. The van der Waals surface area contributed by atoms with E-state index in [1.165, 1.54) is 19.4 Å². The van der Waals surface area contributed by atoms with Crippen LogP contribution in [0.3, 0.4) is 0 Å². The number of hydrogen-bond acceptors (Lipinski definition) is 4. The minimum atomic E-state index is -0.460. The van der Waals surface area contributed by atoms with E-state index in [-0.39, 0.29) is 0 Å². The lowest BCUT2D eigenvalue weighted by Gasteiger charge is -2.35. The minimum absolute atomic E-state index is 0.460. The second-order valence-corrected chi connectivity index (χ2v) is 6.56. The second-order valence-electron chi connectivity index (χ2n) is 6.56. The summed E-state index contributed by atoms with van der Waals surface area (Å²) in [6.07, 6.45) is 5.82. The molecule has 1 aromatic heterocycles. The average Bonchev–Trinajstić information content (AvgIpc) is 2.83. The molecule has 1 fully saturated rings. The van der Waals surface area contributed by atoms with Gasteiger partial charge in [-0.05, 0) is 52.0 Å². The summed E-state index contributed by atoms with van der Waals surface area (Å²) in [7, 11) is 0. The van der Waals surface area contributed by atoms with Crippen molar-refractivity contribution < 1.29 is 5.11 Å². The van der Waals surface area contributed by atoms with Gasteiger partial charge in [0.1, 0.15) is 12.1 Å². The predicted molar refractivity (Wildman–Crippen MR) is 77.4 cm³/mol. The highest BCUT2D eigenvalue weighted by Crippen LogP contribution is 2.24. The summed E-state index contributed by atoms with van der Waals surface area (Å²) < 4.78 is 1.74. The Morgan fingerprint density at radius 2 is 2.15 bits per heavy atom. The molecule has 3 rings (SSSR count). The van der Waals surface area contributed by atoms with Crippen molar-refractivity contribution >= 4 is 0 Å². The van der Waals surface area contributed by atoms with E-state index in [4.69, 9.17) is 0 Å². The maximum atomic E-state index is 9.95. The van der Waals surface area contributed by atoms with Crippen LogP contribution in [-0.4, -0.2) is 43.9 Å². The molecule has 2 aliphatic rings. The van der Waals surface area contributed by atoms with Crippen molar-refractivity contribution in [3.63, 3.8) is 0 Å². The van der Waals surface area contributed by atoms with Gasteiger partial charge in [-0.15, -0.1) is 0 Å². The maximum Gasteiger partial charge on any atom is 0.151 e. The van der Waals surface area contributed by atoms with Gasteiger partial charge in [0, 0.05) is 25.4 Å². The topological polar surface area (TPSA) is 54.2 Å². The van der Waals surface area contributed by atoms with Gasteiger partial charge in [-0.2, -0.15) is 5.10 Å². The van der Waals surface area contributed by atoms with E-state index in [0.29, 0.717) is 12.0 Å². The van der Waals surface area contributed by atoms with Gasteiger partial charge < -0.3 is 10.0 Å². The molecule has 3 heterocycles. The first kappa shape index (κ1) is 14.0. The van der Waals surface area contributed by atoms with Crippen molar-refractivity contribution in [2.75, 3.05) is 13.1 Å². The fourth-order valence-corrected chi connectivity index (χ4v) is 3.46. The number of rotatable bonds is 3. The normalized spacial score (nSPS) is 27.8. The van der Waals surface area contributed by atoms with Crippen LogP contribution in [0.4, 0.5) is 0 Å². The highest BCUT2D eigenvalue weighted by atomic mass is 16.3. The average molecular weight is 278 g/mol. The molecule has 112 valence electrons. The van der Waals surface area contributed by atoms with Crippen molar-refractivity contribution in [2.45, 2.75) is 64.6 Å². The summed E-state index contributed by atoms with van der Waals surface area (Å²) in [6, 6.07) is 0.628. The molecular weight excluding hydrogens is 252 g/mol. The lowest BCUT2D eigenvalue weighted by molar-refractivity contribution is 0.0641. The Kier molecular flexibility index (Phi) is 4.08. The molecule has 20 heavy (non-hydrogen) atoms. The first-order chi connectivity index (χ1) is 9.63. The first-order valence-electron chi connectivity index (χ1n) is 8.00. The molecule has 1 aromatic rings. The number of hydrogen-bond donors (Lipinski definition) is 1. The number of piperidine rings is 1. The van der Waals surface area contributed by atoms with E-state index in [9.17, 15) is 5.11 Å². The summed E-state index contributed by atoms with van der Waals surface area (Å²) in [6.45, 7) is 6.92.